The molecule has 2 heterocycles. The highest BCUT2D eigenvalue weighted by molar-refractivity contribution is 6.10. The summed E-state index contributed by atoms with van der Waals surface area (Å²) in [4.78, 5) is 24.7. The summed E-state index contributed by atoms with van der Waals surface area (Å²) < 4.78 is 17.5. The van der Waals surface area contributed by atoms with Crippen molar-refractivity contribution >= 4 is 11.8 Å². The molecule has 1 unspecified atom stereocenters. The number of aromatic nitrogens is 1. The second kappa shape index (κ2) is 5.70. The van der Waals surface area contributed by atoms with Crippen LogP contribution in [0.15, 0.2) is 18.2 Å². The Morgan fingerprint density at radius 2 is 1.88 bits per heavy atom. The molecule has 1 aromatic heterocycles. The van der Waals surface area contributed by atoms with Gasteiger partial charge in [0.15, 0.2) is 17.2 Å². The molecule has 0 amide bonds. The van der Waals surface area contributed by atoms with E-state index in [0.717, 1.165) is 5.69 Å². The third kappa shape index (κ3) is 2.18. The number of carbonyl (C=O) groups is 2. The van der Waals surface area contributed by atoms with Crippen LogP contribution in [0, 0.1) is 6.92 Å². The summed E-state index contributed by atoms with van der Waals surface area (Å²) in [6.45, 7) is 3.57. The van der Waals surface area contributed by atoms with Gasteiger partial charge in [-0.2, -0.15) is 0 Å². The fourth-order valence-corrected chi connectivity index (χ4v) is 3.18. The molecule has 6 heteroatoms. The lowest BCUT2D eigenvalue weighted by molar-refractivity contribution is -0.133. The van der Waals surface area contributed by atoms with Gasteiger partial charge in [0.05, 0.1) is 31.5 Å². The second-order valence-corrected chi connectivity index (χ2v) is 5.79. The monoisotopic (exact) mass is 329 g/mol. The normalized spacial score (nSPS) is 15.9. The van der Waals surface area contributed by atoms with E-state index in [9.17, 15) is 9.59 Å². The molecule has 0 saturated carbocycles. The Hall–Kier alpha value is -2.76. The van der Waals surface area contributed by atoms with E-state index in [0.29, 0.717) is 34.1 Å². The van der Waals surface area contributed by atoms with Gasteiger partial charge in [-0.1, -0.05) is 0 Å². The predicted molar refractivity (Wildman–Crippen MR) is 87.2 cm³/mol. The number of hydrogen-bond donors (Lipinski definition) is 0. The van der Waals surface area contributed by atoms with Crippen LogP contribution in [0.25, 0.3) is 0 Å². The lowest BCUT2D eigenvalue weighted by Gasteiger charge is -2.11. The van der Waals surface area contributed by atoms with E-state index >= 15 is 0 Å². The fourth-order valence-electron chi connectivity index (χ4n) is 3.18. The molecule has 126 valence electrons. The van der Waals surface area contributed by atoms with Crippen molar-refractivity contribution in [1.29, 1.82) is 0 Å². The third-order valence-corrected chi connectivity index (χ3v) is 4.45. The van der Waals surface area contributed by atoms with Gasteiger partial charge in [-0.3, -0.25) is 9.59 Å². The molecule has 0 N–H and O–H groups in total. The van der Waals surface area contributed by atoms with Crippen molar-refractivity contribution < 1.29 is 23.8 Å². The Morgan fingerprint density at radius 3 is 2.46 bits per heavy atom. The smallest absolute Gasteiger partial charge is 0.320 e. The van der Waals surface area contributed by atoms with E-state index in [1.54, 1.807) is 50.8 Å². The zero-order chi connectivity index (χ0) is 17.6. The lowest BCUT2D eigenvalue weighted by atomic mass is 10.0. The number of fused-ring (bicyclic) bond motifs is 1. The lowest BCUT2D eigenvalue weighted by Crippen LogP contribution is -2.15. The van der Waals surface area contributed by atoms with Crippen molar-refractivity contribution in [2.45, 2.75) is 19.8 Å². The molecule has 0 fully saturated rings. The van der Waals surface area contributed by atoms with E-state index in [2.05, 4.69) is 0 Å². The van der Waals surface area contributed by atoms with Gasteiger partial charge in [0.2, 0.25) is 5.78 Å². The van der Waals surface area contributed by atoms with Crippen LogP contribution in [-0.2, 0) is 11.8 Å². The Labute approximate surface area is 139 Å². The summed E-state index contributed by atoms with van der Waals surface area (Å²) >= 11 is 0. The van der Waals surface area contributed by atoms with Gasteiger partial charge in [0, 0.05) is 18.2 Å². The fraction of sp³-hybridized carbons (Fsp3) is 0.333. The molecule has 6 nitrogen and oxygen atoms in total. The van der Waals surface area contributed by atoms with E-state index in [-0.39, 0.29) is 17.7 Å². The maximum atomic E-state index is 13.0. The average Bonchev–Trinajstić information content (AvgIpc) is 3.01. The summed E-state index contributed by atoms with van der Waals surface area (Å²) in [6.07, 6.45) is 0. The van der Waals surface area contributed by atoms with Crippen LogP contribution in [0.3, 0.4) is 0 Å². The topological polar surface area (TPSA) is 66.8 Å². The highest BCUT2D eigenvalue weighted by atomic mass is 16.5. The van der Waals surface area contributed by atoms with Gasteiger partial charge in [0.25, 0.3) is 0 Å². The van der Waals surface area contributed by atoms with Crippen LogP contribution >= 0.6 is 0 Å². The van der Waals surface area contributed by atoms with Gasteiger partial charge in [-0.25, -0.2) is 0 Å². The van der Waals surface area contributed by atoms with Crippen LogP contribution < -0.4 is 14.2 Å². The number of benzene rings is 1. The number of rotatable bonds is 4. The first-order chi connectivity index (χ1) is 11.4. The standard InChI is InChI=1S/C18H19NO5/c1-9-14(19(3)15-10(2)18(21)24-17(9)15)16(20)11-6-7-12(22-4)13(8-11)23-5/h6-8,10H,1-5H3. The minimum atomic E-state index is -0.379. The number of ketones is 1. The Balaban J connectivity index is 2.08. The molecule has 0 bridgehead atoms. The zero-order valence-electron chi connectivity index (χ0n) is 14.3. The molecule has 2 aromatic rings. The molecular weight excluding hydrogens is 310 g/mol. The first kappa shape index (κ1) is 16.1. The molecular formula is C18H19NO5. The predicted octanol–water partition coefficient (Wildman–Crippen LogP) is 2.60. The first-order valence-corrected chi connectivity index (χ1v) is 7.58. The molecule has 0 spiro atoms. The molecule has 0 aliphatic carbocycles. The highest BCUT2D eigenvalue weighted by Crippen LogP contribution is 2.41. The molecule has 0 saturated heterocycles. The first-order valence-electron chi connectivity index (χ1n) is 7.58. The Bertz CT molecular complexity index is 850. The van der Waals surface area contributed by atoms with Crippen LogP contribution in [-0.4, -0.2) is 30.5 Å². The summed E-state index contributed by atoms with van der Waals surface area (Å²) in [5.41, 5.74) is 2.40. The Kier molecular flexibility index (Phi) is 3.83. The zero-order valence-corrected chi connectivity index (χ0v) is 14.3. The van der Waals surface area contributed by atoms with Crippen LogP contribution in [0.2, 0.25) is 0 Å². The average molecular weight is 329 g/mol. The summed E-state index contributed by atoms with van der Waals surface area (Å²) in [5, 5.41) is 0. The van der Waals surface area contributed by atoms with Gasteiger partial charge >= 0.3 is 5.97 Å². The van der Waals surface area contributed by atoms with Gasteiger partial charge < -0.3 is 18.8 Å². The SMILES string of the molecule is COc1ccc(C(=O)c2c(C)c3c(n2C)C(C)C(=O)O3)cc1OC. The third-order valence-electron chi connectivity index (χ3n) is 4.45. The van der Waals surface area contributed by atoms with Crippen molar-refractivity contribution in [3.05, 3.63) is 40.7 Å². The van der Waals surface area contributed by atoms with Gasteiger partial charge in [-0.15, -0.1) is 0 Å². The summed E-state index contributed by atoms with van der Waals surface area (Å²) in [5.74, 6) is 0.720. The van der Waals surface area contributed by atoms with Gasteiger partial charge in [0.1, 0.15) is 0 Å². The largest absolute Gasteiger partial charge is 0.493 e. The molecule has 3 rings (SSSR count). The van der Waals surface area contributed by atoms with E-state index in [1.165, 1.54) is 7.11 Å². The molecule has 24 heavy (non-hydrogen) atoms. The summed E-state index contributed by atoms with van der Waals surface area (Å²) in [7, 11) is 4.84. The maximum Gasteiger partial charge on any atom is 0.320 e. The number of methoxy groups -OCH3 is 2. The maximum absolute atomic E-state index is 13.0. The minimum absolute atomic E-state index is 0.159. The van der Waals surface area contributed by atoms with Crippen molar-refractivity contribution in [3.8, 4) is 17.2 Å². The van der Waals surface area contributed by atoms with Crippen molar-refractivity contribution in [3.63, 3.8) is 0 Å². The molecule has 1 aromatic carbocycles. The van der Waals surface area contributed by atoms with E-state index in [1.807, 2.05) is 0 Å². The van der Waals surface area contributed by atoms with Crippen molar-refractivity contribution in [2.24, 2.45) is 7.05 Å². The van der Waals surface area contributed by atoms with Crippen molar-refractivity contribution in [2.75, 3.05) is 14.2 Å². The van der Waals surface area contributed by atoms with Crippen LogP contribution in [0.4, 0.5) is 0 Å². The molecule has 1 aliphatic heterocycles. The number of hydrogen-bond acceptors (Lipinski definition) is 5. The minimum Gasteiger partial charge on any atom is -0.493 e. The molecule has 0 radical (unpaired) electrons. The molecule has 1 aliphatic rings. The van der Waals surface area contributed by atoms with Crippen LogP contribution in [0.1, 0.15) is 40.2 Å². The Morgan fingerprint density at radius 1 is 1.21 bits per heavy atom. The second-order valence-electron chi connectivity index (χ2n) is 5.79. The number of esters is 1. The van der Waals surface area contributed by atoms with E-state index < -0.39 is 0 Å². The number of ether oxygens (including phenoxy) is 3. The number of carbonyl (C=O) groups excluding carboxylic acids is 2. The quantitative estimate of drug-likeness (QED) is 0.637. The van der Waals surface area contributed by atoms with E-state index in [4.69, 9.17) is 14.2 Å². The van der Waals surface area contributed by atoms with Crippen molar-refractivity contribution in [1.82, 2.24) is 4.57 Å². The summed E-state index contributed by atoms with van der Waals surface area (Å²) in [6, 6.07) is 5.03. The number of nitrogens with zero attached hydrogens (tertiary/aromatic N) is 1. The van der Waals surface area contributed by atoms with Crippen LogP contribution in [0.5, 0.6) is 17.2 Å². The molecule has 1 atom stereocenters. The highest BCUT2D eigenvalue weighted by Gasteiger charge is 2.37. The van der Waals surface area contributed by atoms with Gasteiger partial charge in [-0.05, 0) is 32.0 Å².